The fourth-order valence-electron chi connectivity index (χ4n) is 1.61. The highest BCUT2D eigenvalue weighted by atomic mass is 35.5. The summed E-state index contributed by atoms with van der Waals surface area (Å²) in [4.78, 5) is 21.6. The van der Waals surface area contributed by atoms with E-state index in [4.69, 9.17) is 11.6 Å². The Labute approximate surface area is 126 Å². The molecule has 0 fully saturated rings. The summed E-state index contributed by atoms with van der Waals surface area (Å²) in [5.41, 5.74) is 0.474. The molecule has 2 aromatic rings. The number of pyridine rings is 1. The van der Waals surface area contributed by atoms with E-state index in [1.165, 1.54) is 10.9 Å². The minimum absolute atomic E-state index is 0.195. The maximum atomic E-state index is 12.1. The highest BCUT2D eigenvalue weighted by Crippen LogP contribution is 2.15. The number of carbonyl (C=O) groups is 1. The van der Waals surface area contributed by atoms with Crippen LogP contribution in [0.4, 0.5) is 5.82 Å². The van der Waals surface area contributed by atoms with E-state index < -0.39 is 0 Å². The molecule has 0 saturated carbocycles. The number of aromatic nitrogens is 2. The van der Waals surface area contributed by atoms with Gasteiger partial charge in [-0.25, -0.2) is 9.97 Å². The van der Waals surface area contributed by atoms with Crippen molar-refractivity contribution >= 4 is 34.7 Å². The van der Waals surface area contributed by atoms with E-state index in [1.54, 1.807) is 24.5 Å². The lowest BCUT2D eigenvalue weighted by atomic mass is 10.2. The molecule has 0 saturated heterocycles. The third-order valence-electron chi connectivity index (χ3n) is 2.66. The number of aryl methyl sites for hydroxylation is 1. The average Bonchev–Trinajstić information content (AvgIpc) is 2.92. The summed E-state index contributed by atoms with van der Waals surface area (Å²) < 4.78 is 0. The molecular weight excluding hydrogens is 296 g/mol. The number of carbonyl (C=O) groups excluding carboxylic acids is 1. The minimum Gasteiger partial charge on any atom is -0.373 e. The quantitative estimate of drug-likeness (QED) is 0.833. The van der Waals surface area contributed by atoms with Crippen molar-refractivity contribution in [3.8, 4) is 0 Å². The van der Waals surface area contributed by atoms with Gasteiger partial charge in [-0.1, -0.05) is 18.5 Å². The van der Waals surface area contributed by atoms with Crippen LogP contribution in [-0.4, -0.2) is 22.9 Å². The molecule has 2 aromatic heterocycles. The Hall–Kier alpha value is -1.66. The number of anilines is 1. The van der Waals surface area contributed by atoms with Crippen LogP contribution in [-0.2, 0) is 13.0 Å². The van der Waals surface area contributed by atoms with E-state index in [0.717, 1.165) is 11.4 Å². The van der Waals surface area contributed by atoms with Crippen molar-refractivity contribution in [2.75, 3.05) is 12.4 Å². The van der Waals surface area contributed by atoms with E-state index in [2.05, 4.69) is 27.5 Å². The molecule has 0 unspecified atom stereocenters. The molecule has 2 heterocycles. The predicted molar refractivity (Wildman–Crippen MR) is 81.5 cm³/mol. The molecule has 2 rings (SSSR count). The van der Waals surface area contributed by atoms with Crippen LogP contribution in [0.1, 0.15) is 27.2 Å². The Bertz CT molecular complexity index is 614. The Morgan fingerprint density at radius 3 is 2.90 bits per heavy atom. The van der Waals surface area contributed by atoms with Gasteiger partial charge in [-0.15, -0.1) is 11.3 Å². The van der Waals surface area contributed by atoms with Gasteiger partial charge in [0.2, 0.25) is 0 Å². The highest BCUT2D eigenvalue weighted by Gasteiger charge is 2.10. The second-order valence-electron chi connectivity index (χ2n) is 4.07. The molecule has 0 spiro atoms. The number of halogens is 1. The standard InChI is InChI=1S/C13H15ClN4OS/c1-3-9-6-16-12(20-9)7-17-13(19)8-4-10(14)18-11(5-8)15-2/h4-6H,3,7H2,1-2H3,(H,15,18)(H,17,19). The molecule has 7 heteroatoms. The van der Waals surface area contributed by atoms with Gasteiger partial charge in [-0.05, 0) is 18.6 Å². The van der Waals surface area contributed by atoms with Gasteiger partial charge < -0.3 is 10.6 Å². The van der Waals surface area contributed by atoms with Crippen LogP contribution in [0.15, 0.2) is 18.3 Å². The van der Waals surface area contributed by atoms with E-state index in [-0.39, 0.29) is 11.1 Å². The molecule has 0 atom stereocenters. The third kappa shape index (κ3) is 3.68. The molecule has 0 bridgehead atoms. The monoisotopic (exact) mass is 310 g/mol. The van der Waals surface area contributed by atoms with Gasteiger partial charge in [-0.3, -0.25) is 4.79 Å². The van der Waals surface area contributed by atoms with Crippen molar-refractivity contribution in [1.29, 1.82) is 0 Å². The van der Waals surface area contributed by atoms with Crippen molar-refractivity contribution in [2.45, 2.75) is 19.9 Å². The summed E-state index contributed by atoms with van der Waals surface area (Å²) in [7, 11) is 1.72. The number of thiazole rings is 1. The molecule has 106 valence electrons. The molecule has 0 radical (unpaired) electrons. The van der Waals surface area contributed by atoms with Crippen LogP contribution in [0.3, 0.4) is 0 Å². The van der Waals surface area contributed by atoms with Gasteiger partial charge in [-0.2, -0.15) is 0 Å². The molecule has 5 nitrogen and oxygen atoms in total. The van der Waals surface area contributed by atoms with Gasteiger partial charge in [0, 0.05) is 23.7 Å². The van der Waals surface area contributed by atoms with Gasteiger partial charge in [0.15, 0.2) is 0 Å². The zero-order chi connectivity index (χ0) is 14.5. The van der Waals surface area contributed by atoms with Crippen LogP contribution < -0.4 is 10.6 Å². The minimum atomic E-state index is -0.195. The second kappa shape index (κ2) is 6.67. The average molecular weight is 311 g/mol. The normalized spacial score (nSPS) is 10.3. The number of hydrogen-bond donors (Lipinski definition) is 2. The lowest BCUT2D eigenvalue weighted by Gasteiger charge is -2.06. The van der Waals surface area contributed by atoms with Gasteiger partial charge in [0.05, 0.1) is 6.54 Å². The van der Waals surface area contributed by atoms with Crippen molar-refractivity contribution in [3.63, 3.8) is 0 Å². The smallest absolute Gasteiger partial charge is 0.251 e. The molecule has 0 aliphatic rings. The Morgan fingerprint density at radius 1 is 1.45 bits per heavy atom. The molecular formula is C13H15ClN4OS. The summed E-state index contributed by atoms with van der Waals surface area (Å²) in [6.45, 7) is 2.49. The summed E-state index contributed by atoms with van der Waals surface area (Å²) in [5, 5.41) is 6.86. The van der Waals surface area contributed by atoms with Crippen LogP contribution in [0.25, 0.3) is 0 Å². The Balaban J connectivity index is 2.02. The van der Waals surface area contributed by atoms with E-state index >= 15 is 0 Å². The molecule has 1 amide bonds. The number of amides is 1. The first-order valence-corrected chi connectivity index (χ1v) is 7.39. The summed E-state index contributed by atoms with van der Waals surface area (Å²) in [6, 6.07) is 3.19. The van der Waals surface area contributed by atoms with E-state index in [1.807, 2.05) is 6.20 Å². The number of rotatable bonds is 5. The van der Waals surface area contributed by atoms with Crippen LogP contribution in [0.5, 0.6) is 0 Å². The van der Waals surface area contributed by atoms with E-state index in [0.29, 0.717) is 17.9 Å². The van der Waals surface area contributed by atoms with Crippen LogP contribution >= 0.6 is 22.9 Å². The second-order valence-corrected chi connectivity index (χ2v) is 5.66. The number of nitrogens with one attached hydrogen (secondary N) is 2. The fourth-order valence-corrected chi connectivity index (χ4v) is 2.62. The number of hydrogen-bond acceptors (Lipinski definition) is 5. The van der Waals surface area contributed by atoms with Crippen molar-refractivity contribution in [2.24, 2.45) is 0 Å². The van der Waals surface area contributed by atoms with Gasteiger partial charge >= 0.3 is 0 Å². The largest absolute Gasteiger partial charge is 0.373 e. The van der Waals surface area contributed by atoms with Crippen molar-refractivity contribution in [1.82, 2.24) is 15.3 Å². The molecule has 2 N–H and O–H groups in total. The predicted octanol–water partition coefficient (Wildman–Crippen LogP) is 2.73. The maximum absolute atomic E-state index is 12.1. The first kappa shape index (κ1) is 14.7. The van der Waals surface area contributed by atoms with Crippen molar-refractivity contribution < 1.29 is 4.79 Å². The molecule has 0 aromatic carbocycles. The zero-order valence-electron chi connectivity index (χ0n) is 11.2. The first-order valence-electron chi connectivity index (χ1n) is 6.19. The third-order valence-corrected chi connectivity index (χ3v) is 4.00. The SMILES string of the molecule is CCc1cnc(CNC(=O)c2cc(Cl)nc(NC)c2)s1. The molecule has 0 aliphatic carbocycles. The summed E-state index contributed by atoms with van der Waals surface area (Å²) in [6.07, 6.45) is 2.80. The first-order chi connectivity index (χ1) is 9.62. The maximum Gasteiger partial charge on any atom is 0.251 e. The van der Waals surface area contributed by atoms with Crippen LogP contribution in [0.2, 0.25) is 5.15 Å². The molecule has 0 aliphatic heterocycles. The number of nitrogens with zero attached hydrogens (tertiary/aromatic N) is 2. The summed E-state index contributed by atoms with van der Waals surface area (Å²) >= 11 is 7.48. The lowest BCUT2D eigenvalue weighted by molar-refractivity contribution is 0.0951. The zero-order valence-corrected chi connectivity index (χ0v) is 12.8. The van der Waals surface area contributed by atoms with Crippen molar-refractivity contribution in [3.05, 3.63) is 38.9 Å². The van der Waals surface area contributed by atoms with Gasteiger partial charge in [0.1, 0.15) is 16.0 Å². The lowest BCUT2D eigenvalue weighted by Crippen LogP contribution is -2.23. The fraction of sp³-hybridized carbons (Fsp3) is 0.308. The highest BCUT2D eigenvalue weighted by molar-refractivity contribution is 7.11. The van der Waals surface area contributed by atoms with Gasteiger partial charge in [0.25, 0.3) is 5.91 Å². The van der Waals surface area contributed by atoms with E-state index in [9.17, 15) is 4.79 Å². The Morgan fingerprint density at radius 2 is 2.25 bits per heavy atom. The van der Waals surface area contributed by atoms with Crippen LogP contribution in [0, 0.1) is 0 Å². The summed E-state index contributed by atoms with van der Waals surface area (Å²) in [5.74, 6) is 0.365. The molecule has 20 heavy (non-hydrogen) atoms. The Kier molecular flexibility index (Phi) is 4.92. The topological polar surface area (TPSA) is 66.9 Å².